The van der Waals surface area contributed by atoms with Crippen LogP contribution in [0.5, 0.6) is 0 Å². The Morgan fingerprint density at radius 1 is 1.16 bits per heavy atom. The predicted molar refractivity (Wildman–Crippen MR) is 105 cm³/mol. The van der Waals surface area contributed by atoms with Crippen LogP contribution in [0.3, 0.4) is 0 Å². The van der Waals surface area contributed by atoms with E-state index >= 15 is 0 Å². The van der Waals surface area contributed by atoms with Crippen molar-refractivity contribution in [2.24, 2.45) is 0 Å². The van der Waals surface area contributed by atoms with Crippen LogP contribution in [0, 0.1) is 13.8 Å². The molecule has 1 unspecified atom stereocenters. The van der Waals surface area contributed by atoms with E-state index in [-0.39, 0.29) is 46.4 Å². The maximum Gasteiger partial charge on any atom is 0.416 e. The number of rotatable bonds is 5. The van der Waals surface area contributed by atoms with Crippen LogP contribution in [0.1, 0.15) is 50.5 Å². The summed E-state index contributed by atoms with van der Waals surface area (Å²) in [4.78, 5) is 29.7. The van der Waals surface area contributed by atoms with Crippen LogP contribution in [0.15, 0.2) is 24.3 Å². The Labute approximate surface area is 177 Å². The molecule has 2 heterocycles. The van der Waals surface area contributed by atoms with Gasteiger partial charge in [-0.25, -0.2) is 9.59 Å². The van der Waals surface area contributed by atoms with Crippen molar-refractivity contribution in [2.75, 3.05) is 20.3 Å². The summed E-state index contributed by atoms with van der Waals surface area (Å²) in [6.45, 7) is 3.64. The van der Waals surface area contributed by atoms with Gasteiger partial charge in [-0.2, -0.15) is 13.2 Å². The molecule has 6 nitrogen and oxygen atoms in total. The minimum absolute atomic E-state index is 0.000269. The Hall–Kier alpha value is -2.94. The number of aryl methyl sites for hydroxylation is 2. The first kappa shape index (κ1) is 22.7. The van der Waals surface area contributed by atoms with Crippen molar-refractivity contribution in [1.29, 1.82) is 0 Å². The van der Waals surface area contributed by atoms with Crippen molar-refractivity contribution in [1.82, 2.24) is 4.98 Å². The van der Waals surface area contributed by atoms with E-state index in [0.717, 1.165) is 32.1 Å². The number of halogens is 3. The molecule has 1 atom stereocenters. The molecule has 1 aliphatic heterocycles. The molecule has 0 N–H and O–H groups in total. The van der Waals surface area contributed by atoms with Crippen LogP contribution in [0.2, 0.25) is 0 Å². The highest BCUT2D eigenvalue weighted by atomic mass is 19.4. The monoisotopic (exact) mass is 437 g/mol. The number of pyridine rings is 1. The number of carbonyl (C=O) groups is 2. The number of nitrogens with zero attached hydrogens (tertiary/aromatic N) is 1. The van der Waals surface area contributed by atoms with E-state index in [1.165, 1.54) is 26.0 Å². The molecule has 1 saturated heterocycles. The lowest BCUT2D eigenvalue weighted by atomic mass is 9.91. The SMILES string of the molecule is COC(=O)c1c(C)nc(C)c(C(=O)OCC2CCCO2)c1-c1cccc(C(F)(F)F)c1. The zero-order valence-electron chi connectivity index (χ0n) is 17.3. The summed E-state index contributed by atoms with van der Waals surface area (Å²) >= 11 is 0. The molecule has 31 heavy (non-hydrogen) atoms. The first-order valence-corrected chi connectivity index (χ1v) is 9.69. The molecule has 0 aliphatic carbocycles. The smallest absolute Gasteiger partial charge is 0.416 e. The Kier molecular flexibility index (Phi) is 6.64. The molecule has 1 fully saturated rings. The maximum absolute atomic E-state index is 13.3. The van der Waals surface area contributed by atoms with Gasteiger partial charge in [0.05, 0.1) is 41.3 Å². The van der Waals surface area contributed by atoms with Gasteiger partial charge in [-0.05, 0) is 44.4 Å². The largest absolute Gasteiger partial charge is 0.465 e. The van der Waals surface area contributed by atoms with Crippen molar-refractivity contribution in [3.63, 3.8) is 0 Å². The summed E-state index contributed by atoms with van der Waals surface area (Å²) in [7, 11) is 1.15. The number of hydrogen-bond acceptors (Lipinski definition) is 6. The molecule has 1 aliphatic rings. The van der Waals surface area contributed by atoms with E-state index in [0.29, 0.717) is 6.61 Å². The zero-order valence-corrected chi connectivity index (χ0v) is 17.3. The molecular weight excluding hydrogens is 415 g/mol. The molecule has 0 bridgehead atoms. The van der Waals surface area contributed by atoms with Crippen LogP contribution in [-0.2, 0) is 20.4 Å². The fourth-order valence-corrected chi connectivity index (χ4v) is 3.61. The van der Waals surface area contributed by atoms with Gasteiger partial charge in [0.25, 0.3) is 0 Å². The molecule has 1 aromatic carbocycles. The lowest BCUT2D eigenvalue weighted by Crippen LogP contribution is -2.21. The van der Waals surface area contributed by atoms with Crippen molar-refractivity contribution < 1.29 is 37.0 Å². The second-order valence-electron chi connectivity index (χ2n) is 7.21. The van der Waals surface area contributed by atoms with E-state index in [4.69, 9.17) is 14.2 Å². The number of ether oxygens (including phenoxy) is 3. The summed E-state index contributed by atoms with van der Waals surface area (Å²) < 4.78 is 55.6. The third-order valence-electron chi connectivity index (χ3n) is 5.06. The Morgan fingerprint density at radius 3 is 2.42 bits per heavy atom. The Balaban J connectivity index is 2.16. The number of carbonyl (C=O) groups excluding carboxylic acids is 2. The topological polar surface area (TPSA) is 74.7 Å². The summed E-state index contributed by atoms with van der Waals surface area (Å²) in [5, 5.41) is 0. The molecule has 166 valence electrons. The number of benzene rings is 1. The van der Waals surface area contributed by atoms with Crippen molar-refractivity contribution >= 4 is 11.9 Å². The third-order valence-corrected chi connectivity index (χ3v) is 5.06. The molecule has 0 radical (unpaired) electrons. The highest BCUT2D eigenvalue weighted by Crippen LogP contribution is 2.36. The van der Waals surface area contributed by atoms with Crippen LogP contribution < -0.4 is 0 Å². The highest BCUT2D eigenvalue weighted by molar-refractivity contribution is 6.07. The normalized spacial score (nSPS) is 16.3. The van der Waals surface area contributed by atoms with Gasteiger partial charge in [-0.15, -0.1) is 0 Å². The summed E-state index contributed by atoms with van der Waals surface area (Å²) in [5.74, 6) is -1.61. The predicted octanol–water partition coefficient (Wildman–Crippen LogP) is 4.51. The van der Waals surface area contributed by atoms with E-state index in [1.54, 1.807) is 0 Å². The molecular formula is C22H22F3NO5. The van der Waals surface area contributed by atoms with E-state index in [9.17, 15) is 22.8 Å². The Bertz CT molecular complexity index is 997. The zero-order chi connectivity index (χ0) is 22.8. The van der Waals surface area contributed by atoms with E-state index in [1.807, 2.05) is 0 Å². The van der Waals surface area contributed by atoms with E-state index < -0.39 is 23.7 Å². The fraction of sp³-hybridized carbons (Fsp3) is 0.409. The lowest BCUT2D eigenvalue weighted by molar-refractivity contribution is -0.137. The first-order valence-electron chi connectivity index (χ1n) is 9.69. The third kappa shape index (κ3) is 4.87. The van der Waals surface area contributed by atoms with Gasteiger partial charge in [0, 0.05) is 12.2 Å². The van der Waals surface area contributed by atoms with Gasteiger partial charge in [-0.1, -0.05) is 12.1 Å². The van der Waals surface area contributed by atoms with Gasteiger partial charge in [0.2, 0.25) is 0 Å². The van der Waals surface area contributed by atoms with Crippen molar-refractivity contribution in [2.45, 2.75) is 39.0 Å². The molecule has 3 rings (SSSR count). The van der Waals surface area contributed by atoms with Gasteiger partial charge in [-0.3, -0.25) is 4.98 Å². The van der Waals surface area contributed by atoms with Crippen LogP contribution in [-0.4, -0.2) is 43.4 Å². The molecule has 0 amide bonds. The number of methoxy groups -OCH3 is 1. The van der Waals surface area contributed by atoms with Crippen LogP contribution in [0.4, 0.5) is 13.2 Å². The summed E-state index contributed by atoms with van der Waals surface area (Å²) in [6.07, 6.45) is -3.24. The molecule has 0 saturated carbocycles. The van der Waals surface area contributed by atoms with Gasteiger partial charge >= 0.3 is 18.1 Å². The van der Waals surface area contributed by atoms with E-state index in [2.05, 4.69) is 4.98 Å². The number of esters is 2. The molecule has 1 aromatic heterocycles. The van der Waals surface area contributed by atoms with Crippen molar-refractivity contribution in [3.05, 3.63) is 52.3 Å². The molecule has 2 aromatic rings. The van der Waals surface area contributed by atoms with Crippen LogP contribution >= 0.6 is 0 Å². The minimum atomic E-state index is -4.60. The molecule has 9 heteroatoms. The summed E-state index contributed by atoms with van der Waals surface area (Å²) in [5.41, 5.74) is -0.582. The first-order chi connectivity index (χ1) is 14.6. The maximum atomic E-state index is 13.3. The van der Waals surface area contributed by atoms with Gasteiger partial charge < -0.3 is 14.2 Å². The number of aromatic nitrogens is 1. The second-order valence-corrected chi connectivity index (χ2v) is 7.21. The fourth-order valence-electron chi connectivity index (χ4n) is 3.61. The van der Waals surface area contributed by atoms with Crippen LogP contribution in [0.25, 0.3) is 11.1 Å². The quantitative estimate of drug-likeness (QED) is 0.641. The lowest BCUT2D eigenvalue weighted by Gasteiger charge is -2.19. The summed E-state index contributed by atoms with van der Waals surface area (Å²) in [6, 6.07) is 4.41. The Morgan fingerprint density at radius 2 is 1.84 bits per heavy atom. The standard InChI is InChI=1S/C22H22F3NO5/c1-12-17(20(27)29-3)19(14-6-4-7-15(10-14)22(23,24)25)18(13(2)26-12)21(28)31-11-16-8-5-9-30-16/h4,6-7,10,16H,5,8-9,11H2,1-3H3. The van der Waals surface area contributed by atoms with Gasteiger partial charge in [0.1, 0.15) is 6.61 Å². The molecule has 0 spiro atoms. The average Bonchev–Trinajstić information content (AvgIpc) is 3.24. The number of alkyl halides is 3. The van der Waals surface area contributed by atoms with Gasteiger partial charge in [0.15, 0.2) is 0 Å². The minimum Gasteiger partial charge on any atom is -0.465 e. The second kappa shape index (κ2) is 9.05. The highest BCUT2D eigenvalue weighted by Gasteiger charge is 2.33. The average molecular weight is 437 g/mol. The number of hydrogen-bond donors (Lipinski definition) is 0. The van der Waals surface area contributed by atoms with Crippen molar-refractivity contribution in [3.8, 4) is 11.1 Å².